The fourth-order valence-electron chi connectivity index (χ4n) is 2.29. The smallest absolute Gasteiger partial charge is 0.220 e. The van der Waals surface area contributed by atoms with Crippen molar-refractivity contribution in [2.75, 3.05) is 6.54 Å². The Morgan fingerprint density at radius 3 is 2.62 bits per heavy atom. The van der Waals surface area contributed by atoms with Gasteiger partial charge >= 0.3 is 0 Å². The normalized spacial score (nSPS) is 10.6. The second-order valence-corrected chi connectivity index (χ2v) is 6.47. The summed E-state index contributed by atoms with van der Waals surface area (Å²) in [4.78, 5) is 17.4. The van der Waals surface area contributed by atoms with Gasteiger partial charge in [-0.3, -0.25) is 4.79 Å². The standard InChI is InChI=1S/C17H22N2OS/c1-13-16(21-14(2)19-13)10-11-17(20)18-12-6-9-15-7-4-3-5-8-15/h3-5,7-8H,6,9-12H2,1-2H3,(H,18,20). The van der Waals surface area contributed by atoms with Gasteiger partial charge in [0, 0.05) is 17.8 Å². The van der Waals surface area contributed by atoms with Crippen LogP contribution in [0.2, 0.25) is 0 Å². The van der Waals surface area contributed by atoms with Crippen molar-refractivity contribution in [3.63, 3.8) is 0 Å². The summed E-state index contributed by atoms with van der Waals surface area (Å²) < 4.78 is 0. The Morgan fingerprint density at radius 1 is 1.19 bits per heavy atom. The number of amides is 1. The van der Waals surface area contributed by atoms with E-state index in [0.29, 0.717) is 6.42 Å². The van der Waals surface area contributed by atoms with E-state index in [2.05, 4.69) is 22.4 Å². The first-order valence-corrected chi connectivity index (χ1v) is 8.20. The lowest BCUT2D eigenvalue weighted by Crippen LogP contribution is -2.24. The summed E-state index contributed by atoms with van der Waals surface area (Å²) in [6.07, 6.45) is 3.33. The second kappa shape index (κ2) is 7.93. The van der Waals surface area contributed by atoms with Crippen LogP contribution in [-0.2, 0) is 17.6 Å². The first-order chi connectivity index (χ1) is 10.1. The molecule has 3 nitrogen and oxygen atoms in total. The van der Waals surface area contributed by atoms with Gasteiger partial charge in [-0.2, -0.15) is 0 Å². The third kappa shape index (κ3) is 5.31. The van der Waals surface area contributed by atoms with Crippen LogP contribution in [0.5, 0.6) is 0 Å². The molecular formula is C17H22N2OS. The number of nitrogens with zero attached hydrogens (tertiary/aromatic N) is 1. The highest BCUT2D eigenvalue weighted by molar-refractivity contribution is 7.11. The van der Waals surface area contributed by atoms with Crippen molar-refractivity contribution in [2.24, 2.45) is 0 Å². The monoisotopic (exact) mass is 302 g/mol. The molecule has 0 aliphatic heterocycles. The Kier molecular flexibility index (Phi) is 5.93. The van der Waals surface area contributed by atoms with Gasteiger partial charge in [0.05, 0.1) is 10.7 Å². The Balaban J connectivity index is 1.63. The number of aromatic nitrogens is 1. The molecule has 0 saturated carbocycles. The third-order valence-electron chi connectivity index (χ3n) is 3.39. The van der Waals surface area contributed by atoms with E-state index in [1.54, 1.807) is 11.3 Å². The minimum absolute atomic E-state index is 0.133. The Bertz CT molecular complexity index is 578. The summed E-state index contributed by atoms with van der Waals surface area (Å²) in [5.74, 6) is 0.133. The Hall–Kier alpha value is -1.68. The maximum absolute atomic E-state index is 11.8. The molecule has 0 fully saturated rings. The van der Waals surface area contributed by atoms with Crippen LogP contribution in [0.4, 0.5) is 0 Å². The van der Waals surface area contributed by atoms with E-state index >= 15 is 0 Å². The number of nitrogens with one attached hydrogen (secondary N) is 1. The van der Waals surface area contributed by atoms with Crippen molar-refractivity contribution in [3.05, 3.63) is 51.5 Å². The zero-order chi connectivity index (χ0) is 15.1. The zero-order valence-electron chi connectivity index (χ0n) is 12.7. The molecule has 0 radical (unpaired) electrons. The number of carbonyl (C=O) groups is 1. The largest absolute Gasteiger partial charge is 0.356 e. The van der Waals surface area contributed by atoms with Gasteiger partial charge in [0.15, 0.2) is 0 Å². The number of rotatable bonds is 7. The number of carbonyl (C=O) groups excluding carboxylic acids is 1. The average molecular weight is 302 g/mol. The number of aryl methyl sites for hydroxylation is 4. The molecule has 1 aromatic heterocycles. The van der Waals surface area contributed by atoms with Crippen LogP contribution in [-0.4, -0.2) is 17.4 Å². The first-order valence-electron chi connectivity index (χ1n) is 7.38. The molecule has 0 aliphatic rings. The van der Waals surface area contributed by atoms with Gasteiger partial charge in [0.1, 0.15) is 0 Å². The minimum Gasteiger partial charge on any atom is -0.356 e. The molecule has 1 heterocycles. The average Bonchev–Trinajstić information content (AvgIpc) is 2.80. The van der Waals surface area contributed by atoms with Gasteiger partial charge in [0.2, 0.25) is 5.91 Å². The minimum atomic E-state index is 0.133. The summed E-state index contributed by atoms with van der Waals surface area (Å²) in [5, 5.41) is 4.07. The van der Waals surface area contributed by atoms with E-state index in [0.717, 1.165) is 36.5 Å². The summed E-state index contributed by atoms with van der Waals surface area (Å²) in [5.41, 5.74) is 2.39. The number of benzene rings is 1. The van der Waals surface area contributed by atoms with Gasteiger partial charge in [-0.1, -0.05) is 30.3 Å². The summed E-state index contributed by atoms with van der Waals surface area (Å²) in [6, 6.07) is 10.4. The van der Waals surface area contributed by atoms with Crippen LogP contribution < -0.4 is 5.32 Å². The molecule has 0 aliphatic carbocycles. The van der Waals surface area contributed by atoms with Gasteiger partial charge < -0.3 is 5.32 Å². The molecule has 0 saturated heterocycles. The maximum atomic E-state index is 11.8. The molecule has 0 atom stereocenters. The van der Waals surface area contributed by atoms with Crippen molar-refractivity contribution >= 4 is 17.2 Å². The van der Waals surface area contributed by atoms with E-state index in [9.17, 15) is 4.79 Å². The molecule has 4 heteroatoms. The molecule has 1 N–H and O–H groups in total. The molecule has 0 bridgehead atoms. The van der Waals surface area contributed by atoms with E-state index < -0.39 is 0 Å². The molecule has 2 aromatic rings. The summed E-state index contributed by atoms with van der Waals surface area (Å²) in [7, 11) is 0. The summed E-state index contributed by atoms with van der Waals surface area (Å²) in [6.45, 7) is 4.76. The van der Waals surface area contributed by atoms with Crippen molar-refractivity contribution in [1.29, 1.82) is 0 Å². The molecule has 1 amide bonds. The molecule has 112 valence electrons. The number of hydrogen-bond acceptors (Lipinski definition) is 3. The lowest BCUT2D eigenvalue weighted by atomic mass is 10.1. The van der Waals surface area contributed by atoms with Crippen molar-refractivity contribution in [3.8, 4) is 0 Å². The van der Waals surface area contributed by atoms with E-state index in [-0.39, 0.29) is 5.91 Å². The van der Waals surface area contributed by atoms with Gasteiger partial charge in [-0.15, -0.1) is 11.3 Å². The Labute approximate surface area is 130 Å². The van der Waals surface area contributed by atoms with Crippen molar-refractivity contribution in [2.45, 2.75) is 39.5 Å². The van der Waals surface area contributed by atoms with Crippen molar-refractivity contribution < 1.29 is 4.79 Å². The molecule has 21 heavy (non-hydrogen) atoms. The molecule has 0 unspecified atom stereocenters. The first kappa shape index (κ1) is 15.7. The van der Waals surface area contributed by atoms with Crippen molar-refractivity contribution in [1.82, 2.24) is 10.3 Å². The lowest BCUT2D eigenvalue weighted by molar-refractivity contribution is -0.121. The fourth-order valence-corrected chi connectivity index (χ4v) is 3.22. The SMILES string of the molecule is Cc1nc(C)c(CCC(=O)NCCCc2ccccc2)s1. The quantitative estimate of drug-likeness (QED) is 0.796. The predicted octanol–water partition coefficient (Wildman–Crippen LogP) is 3.44. The zero-order valence-corrected chi connectivity index (χ0v) is 13.5. The van der Waals surface area contributed by atoms with E-state index in [1.807, 2.05) is 32.0 Å². The predicted molar refractivity (Wildman–Crippen MR) is 87.7 cm³/mol. The third-order valence-corrected chi connectivity index (χ3v) is 4.52. The van der Waals surface area contributed by atoms with Crippen LogP contribution in [0.1, 0.15) is 34.0 Å². The van der Waals surface area contributed by atoms with E-state index in [4.69, 9.17) is 0 Å². The van der Waals surface area contributed by atoms with Crippen LogP contribution in [0.3, 0.4) is 0 Å². The molecule has 1 aromatic carbocycles. The van der Waals surface area contributed by atoms with Gasteiger partial charge in [-0.05, 0) is 38.7 Å². The molecule has 0 spiro atoms. The highest BCUT2D eigenvalue weighted by atomic mass is 32.1. The Morgan fingerprint density at radius 2 is 1.95 bits per heavy atom. The molecular weight excluding hydrogens is 280 g/mol. The topological polar surface area (TPSA) is 42.0 Å². The lowest BCUT2D eigenvalue weighted by Gasteiger charge is -2.05. The highest BCUT2D eigenvalue weighted by Gasteiger charge is 2.07. The van der Waals surface area contributed by atoms with Crippen LogP contribution in [0.15, 0.2) is 30.3 Å². The fraction of sp³-hybridized carbons (Fsp3) is 0.412. The van der Waals surface area contributed by atoms with Crippen LogP contribution in [0.25, 0.3) is 0 Å². The number of hydrogen-bond donors (Lipinski definition) is 1. The maximum Gasteiger partial charge on any atom is 0.220 e. The number of thiazole rings is 1. The highest BCUT2D eigenvalue weighted by Crippen LogP contribution is 2.18. The summed E-state index contributed by atoms with van der Waals surface area (Å²) >= 11 is 1.69. The van der Waals surface area contributed by atoms with Gasteiger partial charge in [-0.25, -0.2) is 4.98 Å². The van der Waals surface area contributed by atoms with Gasteiger partial charge in [0.25, 0.3) is 0 Å². The van der Waals surface area contributed by atoms with Crippen LogP contribution >= 0.6 is 11.3 Å². The van der Waals surface area contributed by atoms with E-state index in [1.165, 1.54) is 10.4 Å². The van der Waals surface area contributed by atoms with Crippen LogP contribution in [0, 0.1) is 13.8 Å². The second-order valence-electron chi connectivity index (χ2n) is 5.18. The molecule has 2 rings (SSSR count).